The van der Waals surface area contributed by atoms with E-state index < -0.39 is 0 Å². The minimum Gasteiger partial charge on any atom is -0.487 e. The summed E-state index contributed by atoms with van der Waals surface area (Å²) in [4.78, 5) is 18.0. The highest BCUT2D eigenvalue weighted by molar-refractivity contribution is 7.09. The van der Waals surface area contributed by atoms with Crippen molar-refractivity contribution in [3.8, 4) is 5.75 Å². The summed E-state index contributed by atoms with van der Waals surface area (Å²) in [5.41, 5.74) is 3.57. The number of aromatic nitrogens is 2. The molecule has 0 bridgehead atoms. The highest BCUT2D eigenvalue weighted by Gasteiger charge is 2.07. The van der Waals surface area contributed by atoms with Crippen molar-refractivity contribution in [1.82, 2.24) is 14.7 Å². The quantitative estimate of drug-likeness (QED) is 0.512. The van der Waals surface area contributed by atoms with Crippen LogP contribution in [0, 0.1) is 6.92 Å². The Morgan fingerprint density at radius 1 is 1.14 bits per heavy atom. The maximum absolute atomic E-state index is 12.2. The summed E-state index contributed by atoms with van der Waals surface area (Å²) in [6.07, 6.45) is 4.86. The largest absolute Gasteiger partial charge is 0.487 e. The number of nitrogens with one attached hydrogen (secondary N) is 1. The molecule has 6 heteroatoms. The lowest BCUT2D eigenvalue weighted by molar-refractivity contribution is 0.0954. The van der Waals surface area contributed by atoms with Crippen molar-refractivity contribution in [3.05, 3.63) is 88.0 Å². The van der Waals surface area contributed by atoms with Crippen molar-refractivity contribution in [2.75, 3.05) is 6.54 Å². The van der Waals surface area contributed by atoms with E-state index in [2.05, 4.69) is 23.3 Å². The van der Waals surface area contributed by atoms with Crippen LogP contribution in [-0.4, -0.2) is 21.8 Å². The minimum atomic E-state index is -0.0705. The van der Waals surface area contributed by atoms with Gasteiger partial charge >= 0.3 is 0 Å². The molecular weight excluding hydrogens is 370 g/mol. The van der Waals surface area contributed by atoms with Crippen LogP contribution in [0.15, 0.2) is 66.3 Å². The summed E-state index contributed by atoms with van der Waals surface area (Å²) >= 11 is 1.70. The van der Waals surface area contributed by atoms with E-state index in [1.165, 1.54) is 10.4 Å². The maximum atomic E-state index is 12.2. The lowest BCUT2D eigenvalue weighted by Crippen LogP contribution is -2.25. The molecule has 0 unspecified atom stereocenters. The zero-order valence-corrected chi connectivity index (χ0v) is 16.4. The van der Waals surface area contributed by atoms with Gasteiger partial charge in [-0.05, 0) is 60.7 Å². The number of pyridine rings is 1. The van der Waals surface area contributed by atoms with E-state index >= 15 is 0 Å². The second kappa shape index (κ2) is 8.27. The summed E-state index contributed by atoms with van der Waals surface area (Å²) in [5.74, 6) is 0.641. The third-order valence-corrected chi connectivity index (χ3v) is 5.33. The van der Waals surface area contributed by atoms with E-state index in [0.29, 0.717) is 24.5 Å². The Morgan fingerprint density at radius 3 is 2.79 bits per heavy atom. The SMILES string of the molecule is Cc1ccc2nc(COc3ccc(C(=O)NCCc4cccs4)cc3)cn2c1. The van der Waals surface area contributed by atoms with Gasteiger partial charge in [0.15, 0.2) is 0 Å². The maximum Gasteiger partial charge on any atom is 0.251 e. The Labute approximate surface area is 167 Å². The van der Waals surface area contributed by atoms with Crippen molar-refractivity contribution in [1.29, 1.82) is 0 Å². The number of thiophene rings is 1. The highest BCUT2D eigenvalue weighted by Crippen LogP contribution is 2.15. The molecule has 1 N–H and O–H groups in total. The summed E-state index contributed by atoms with van der Waals surface area (Å²) in [5, 5.41) is 4.99. The number of rotatable bonds is 7. The standard InChI is InChI=1S/C22H21N3O2S/c1-16-4-9-21-24-18(14-25(21)13-16)15-27-19-7-5-17(6-8-19)22(26)23-11-10-20-3-2-12-28-20/h2-9,12-14H,10-11,15H2,1H3,(H,23,26). The number of aryl methyl sites for hydroxylation is 1. The molecule has 4 aromatic rings. The smallest absolute Gasteiger partial charge is 0.251 e. The Bertz CT molecular complexity index is 1070. The third-order valence-electron chi connectivity index (χ3n) is 4.39. The molecule has 4 rings (SSSR count). The van der Waals surface area contributed by atoms with Crippen LogP contribution in [0.25, 0.3) is 5.65 Å². The number of hydrogen-bond acceptors (Lipinski definition) is 4. The molecule has 0 aliphatic carbocycles. The lowest BCUT2D eigenvalue weighted by Gasteiger charge is -2.07. The van der Waals surface area contributed by atoms with Crippen LogP contribution in [0.1, 0.15) is 26.5 Å². The van der Waals surface area contributed by atoms with Crippen LogP contribution < -0.4 is 10.1 Å². The fourth-order valence-electron chi connectivity index (χ4n) is 2.94. The molecule has 0 aliphatic rings. The summed E-state index contributed by atoms with van der Waals surface area (Å²) < 4.78 is 7.81. The van der Waals surface area contributed by atoms with Gasteiger partial charge in [0.2, 0.25) is 0 Å². The monoisotopic (exact) mass is 391 g/mol. The highest BCUT2D eigenvalue weighted by atomic mass is 32.1. The van der Waals surface area contributed by atoms with Gasteiger partial charge in [0.25, 0.3) is 5.91 Å². The number of carbonyl (C=O) groups excluding carboxylic acids is 1. The molecule has 0 saturated carbocycles. The van der Waals surface area contributed by atoms with Crippen molar-refractivity contribution in [2.24, 2.45) is 0 Å². The van der Waals surface area contributed by atoms with E-state index in [0.717, 1.165) is 17.8 Å². The molecule has 3 heterocycles. The van der Waals surface area contributed by atoms with Crippen molar-refractivity contribution >= 4 is 22.9 Å². The van der Waals surface area contributed by atoms with Gasteiger partial charge in [-0.25, -0.2) is 4.98 Å². The first-order valence-corrected chi connectivity index (χ1v) is 10.0. The van der Waals surface area contributed by atoms with Crippen molar-refractivity contribution < 1.29 is 9.53 Å². The molecule has 1 amide bonds. The third kappa shape index (κ3) is 4.40. The van der Waals surface area contributed by atoms with Gasteiger partial charge in [-0.15, -0.1) is 11.3 Å². The van der Waals surface area contributed by atoms with Gasteiger partial charge in [-0.1, -0.05) is 12.1 Å². The van der Waals surface area contributed by atoms with Gasteiger partial charge in [0.05, 0.1) is 5.69 Å². The summed E-state index contributed by atoms with van der Waals surface area (Å²) in [7, 11) is 0. The molecule has 0 saturated heterocycles. The fourth-order valence-corrected chi connectivity index (χ4v) is 3.65. The van der Waals surface area contributed by atoms with E-state index in [1.807, 2.05) is 52.5 Å². The van der Waals surface area contributed by atoms with Gasteiger partial charge < -0.3 is 14.5 Å². The number of imidazole rings is 1. The van der Waals surface area contributed by atoms with E-state index in [4.69, 9.17) is 4.74 Å². The van der Waals surface area contributed by atoms with Crippen LogP contribution in [0.2, 0.25) is 0 Å². The Hall–Kier alpha value is -3.12. The Kier molecular flexibility index (Phi) is 5.39. The number of benzene rings is 1. The predicted molar refractivity (Wildman–Crippen MR) is 111 cm³/mol. The van der Waals surface area contributed by atoms with E-state index in [-0.39, 0.29) is 5.91 Å². The van der Waals surface area contributed by atoms with Crippen LogP contribution in [0.4, 0.5) is 0 Å². The average molecular weight is 391 g/mol. The molecule has 3 aromatic heterocycles. The fraction of sp³-hybridized carbons (Fsp3) is 0.182. The second-order valence-corrected chi connectivity index (χ2v) is 7.63. The van der Waals surface area contributed by atoms with Crippen molar-refractivity contribution in [2.45, 2.75) is 20.0 Å². The average Bonchev–Trinajstić information content (AvgIpc) is 3.36. The second-order valence-electron chi connectivity index (χ2n) is 6.60. The van der Waals surface area contributed by atoms with Gasteiger partial charge in [-0.2, -0.15) is 0 Å². The number of fused-ring (bicyclic) bond motifs is 1. The lowest BCUT2D eigenvalue weighted by atomic mass is 10.2. The molecule has 1 aromatic carbocycles. The molecule has 0 fully saturated rings. The molecule has 28 heavy (non-hydrogen) atoms. The molecular formula is C22H21N3O2S. The molecule has 0 aliphatic heterocycles. The number of ether oxygens (including phenoxy) is 1. The first-order valence-electron chi connectivity index (χ1n) is 9.15. The number of nitrogens with zero attached hydrogens (tertiary/aromatic N) is 2. The first kappa shape index (κ1) is 18.3. The van der Waals surface area contributed by atoms with Crippen LogP contribution in [0.5, 0.6) is 5.75 Å². The van der Waals surface area contributed by atoms with Crippen molar-refractivity contribution in [3.63, 3.8) is 0 Å². The molecule has 5 nitrogen and oxygen atoms in total. The van der Waals surface area contributed by atoms with E-state index in [9.17, 15) is 4.79 Å². The molecule has 0 radical (unpaired) electrons. The molecule has 142 valence electrons. The van der Waals surface area contributed by atoms with Gasteiger partial charge in [-0.3, -0.25) is 4.79 Å². The number of carbonyl (C=O) groups is 1. The molecule has 0 spiro atoms. The zero-order valence-electron chi connectivity index (χ0n) is 15.6. The summed E-state index contributed by atoms with van der Waals surface area (Å²) in [6.45, 7) is 3.06. The van der Waals surface area contributed by atoms with Gasteiger partial charge in [0.1, 0.15) is 18.0 Å². The normalized spacial score (nSPS) is 10.9. The van der Waals surface area contributed by atoms with Crippen LogP contribution in [0.3, 0.4) is 0 Å². The Balaban J connectivity index is 1.30. The van der Waals surface area contributed by atoms with Crippen LogP contribution >= 0.6 is 11.3 Å². The first-order chi connectivity index (χ1) is 13.7. The topological polar surface area (TPSA) is 55.6 Å². The van der Waals surface area contributed by atoms with Gasteiger partial charge in [0, 0.05) is 29.4 Å². The zero-order chi connectivity index (χ0) is 19.3. The van der Waals surface area contributed by atoms with Crippen LogP contribution in [-0.2, 0) is 13.0 Å². The summed E-state index contributed by atoms with van der Waals surface area (Å²) in [6, 6.07) is 15.3. The Morgan fingerprint density at radius 2 is 2.00 bits per heavy atom. The molecule has 0 atom stereocenters. The predicted octanol–water partition coefficient (Wildman–Crippen LogP) is 4.26. The van der Waals surface area contributed by atoms with E-state index in [1.54, 1.807) is 23.5 Å². The number of amides is 1. The minimum absolute atomic E-state index is 0.0705. The number of hydrogen-bond donors (Lipinski definition) is 1.